The lowest BCUT2D eigenvalue weighted by Crippen LogP contribution is -2.15. The molecule has 0 aliphatic heterocycles. The largest absolute Gasteiger partial charge is 0.383 e. The van der Waals surface area contributed by atoms with Crippen molar-refractivity contribution in [3.8, 4) is 0 Å². The van der Waals surface area contributed by atoms with Crippen molar-refractivity contribution in [3.63, 3.8) is 0 Å². The maximum atomic E-state index is 6.11. The second-order valence-electron chi connectivity index (χ2n) is 3.85. The molecule has 0 saturated heterocycles. The molecule has 1 unspecified atom stereocenters. The van der Waals surface area contributed by atoms with Gasteiger partial charge in [0.15, 0.2) is 0 Å². The molecule has 1 aromatic heterocycles. The molecule has 2 rings (SSSR count). The number of rotatable bonds is 4. The SMILES string of the molecule is Nc1ncccc1C(N)CSc1cccc(Cl)c1. The molecule has 0 spiro atoms. The lowest BCUT2D eigenvalue weighted by atomic mass is 10.1. The highest BCUT2D eigenvalue weighted by Crippen LogP contribution is 2.26. The van der Waals surface area contributed by atoms with Crippen LogP contribution in [0.25, 0.3) is 0 Å². The highest BCUT2D eigenvalue weighted by atomic mass is 35.5. The Labute approximate surface area is 116 Å². The highest BCUT2D eigenvalue weighted by Gasteiger charge is 2.10. The van der Waals surface area contributed by atoms with E-state index in [9.17, 15) is 0 Å². The van der Waals surface area contributed by atoms with E-state index < -0.39 is 0 Å². The summed E-state index contributed by atoms with van der Waals surface area (Å²) in [6.45, 7) is 0. The van der Waals surface area contributed by atoms with Gasteiger partial charge in [-0.3, -0.25) is 0 Å². The molecule has 0 amide bonds. The number of nitrogens with two attached hydrogens (primary N) is 2. The number of pyridine rings is 1. The number of hydrogen-bond acceptors (Lipinski definition) is 4. The van der Waals surface area contributed by atoms with Crippen molar-refractivity contribution in [2.45, 2.75) is 10.9 Å². The lowest BCUT2D eigenvalue weighted by Gasteiger charge is -2.13. The molecular formula is C13H14ClN3S. The Morgan fingerprint density at radius 1 is 1.28 bits per heavy atom. The number of anilines is 1. The van der Waals surface area contributed by atoms with Crippen molar-refractivity contribution in [1.82, 2.24) is 4.98 Å². The first kappa shape index (κ1) is 13.2. The minimum atomic E-state index is -0.136. The average molecular weight is 280 g/mol. The number of hydrogen-bond donors (Lipinski definition) is 2. The van der Waals surface area contributed by atoms with Crippen molar-refractivity contribution >= 4 is 29.2 Å². The predicted octanol–water partition coefficient (Wildman–Crippen LogP) is 3.11. The molecule has 0 aliphatic rings. The molecule has 4 N–H and O–H groups in total. The van der Waals surface area contributed by atoms with Crippen LogP contribution in [0.1, 0.15) is 11.6 Å². The summed E-state index contributed by atoms with van der Waals surface area (Å²) in [4.78, 5) is 5.13. The molecule has 5 heteroatoms. The summed E-state index contributed by atoms with van der Waals surface area (Å²) in [7, 11) is 0. The van der Waals surface area contributed by atoms with Gasteiger partial charge >= 0.3 is 0 Å². The number of thioether (sulfide) groups is 1. The Bertz CT molecular complexity index is 533. The fourth-order valence-electron chi connectivity index (χ4n) is 1.58. The van der Waals surface area contributed by atoms with Gasteiger partial charge in [-0.15, -0.1) is 11.8 Å². The maximum Gasteiger partial charge on any atom is 0.128 e. The average Bonchev–Trinajstić information content (AvgIpc) is 2.37. The third-order valence-electron chi connectivity index (χ3n) is 2.50. The summed E-state index contributed by atoms with van der Waals surface area (Å²) in [6, 6.07) is 11.3. The van der Waals surface area contributed by atoms with Crippen molar-refractivity contribution < 1.29 is 0 Å². The molecule has 94 valence electrons. The number of aromatic nitrogens is 1. The van der Waals surface area contributed by atoms with Gasteiger partial charge in [0.05, 0.1) is 0 Å². The summed E-state index contributed by atoms with van der Waals surface area (Å²) in [5.41, 5.74) is 12.8. The number of nitrogens with zero attached hydrogens (tertiary/aromatic N) is 1. The predicted molar refractivity (Wildman–Crippen MR) is 77.8 cm³/mol. The first-order valence-corrected chi connectivity index (χ1v) is 6.87. The van der Waals surface area contributed by atoms with E-state index in [1.54, 1.807) is 18.0 Å². The minimum absolute atomic E-state index is 0.136. The lowest BCUT2D eigenvalue weighted by molar-refractivity contribution is 0.828. The Morgan fingerprint density at radius 3 is 2.83 bits per heavy atom. The second kappa shape index (κ2) is 6.09. The normalized spacial score (nSPS) is 12.3. The van der Waals surface area contributed by atoms with Crippen LogP contribution in [0.2, 0.25) is 5.02 Å². The van der Waals surface area contributed by atoms with Crippen LogP contribution in [0, 0.1) is 0 Å². The Kier molecular flexibility index (Phi) is 4.47. The molecule has 2 aromatic rings. The van der Waals surface area contributed by atoms with E-state index in [4.69, 9.17) is 23.1 Å². The van der Waals surface area contributed by atoms with E-state index in [-0.39, 0.29) is 6.04 Å². The fourth-order valence-corrected chi connectivity index (χ4v) is 2.77. The first-order valence-electron chi connectivity index (χ1n) is 5.51. The molecule has 0 saturated carbocycles. The van der Waals surface area contributed by atoms with Gasteiger partial charge in [-0.1, -0.05) is 23.7 Å². The van der Waals surface area contributed by atoms with E-state index in [1.165, 1.54) is 0 Å². The minimum Gasteiger partial charge on any atom is -0.383 e. The van der Waals surface area contributed by atoms with Crippen LogP contribution in [0.5, 0.6) is 0 Å². The van der Waals surface area contributed by atoms with Gasteiger partial charge in [-0.05, 0) is 24.3 Å². The van der Waals surface area contributed by atoms with Crippen LogP contribution in [0.4, 0.5) is 5.82 Å². The van der Waals surface area contributed by atoms with E-state index in [0.717, 1.165) is 21.2 Å². The van der Waals surface area contributed by atoms with Gasteiger partial charge < -0.3 is 11.5 Å². The van der Waals surface area contributed by atoms with Crippen LogP contribution in [0.3, 0.4) is 0 Å². The van der Waals surface area contributed by atoms with Gasteiger partial charge in [0.25, 0.3) is 0 Å². The molecular weight excluding hydrogens is 266 g/mol. The fraction of sp³-hybridized carbons (Fsp3) is 0.154. The zero-order chi connectivity index (χ0) is 13.0. The summed E-state index contributed by atoms with van der Waals surface area (Å²) in [6.07, 6.45) is 1.66. The second-order valence-corrected chi connectivity index (χ2v) is 5.38. The van der Waals surface area contributed by atoms with Crippen molar-refractivity contribution in [1.29, 1.82) is 0 Å². The molecule has 18 heavy (non-hydrogen) atoms. The topological polar surface area (TPSA) is 64.9 Å². The molecule has 0 fully saturated rings. The molecule has 1 heterocycles. The molecule has 3 nitrogen and oxygen atoms in total. The first-order chi connectivity index (χ1) is 8.66. The third kappa shape index (κ3) is 3.38. The Hall–Kier alpha value is -1.23. The summed E-state index contributed by atoms with van der Waals surface area (Å²) in [5, 5.41) is 0.731. The van der Waals surface area contributed by atoms with Gasteiger partial charge in [0.1, 0.15) is 5.82 Å². The number of nitrogen functional groups attached to an aromatic ring is 1. The number of benzene rings is 1. The van der Waals surface area contributed by atoms with E-state index >= 15 is 0 Å². The smallest absolute Gasteiger partial charge is 0.128 e. The Morgan fingerprint density at radius 2 is 2.11 bits per heavy atom. The highest BCUT2D eigenvalue weighted by molar-refractivity contribution is 7.99. The summed E-state index contributed by atoms with van der Waals surface area (Å²) < 4.78 is 0. The van der Waals surface area contributed by atoms with Crippen LogP contribution >= 0.6 is 23.4 Å². The zero-order valence-corrected chi connectivity index (χ0v) is 11.3. The van der Waals surface area contributed by atoms with E-state index in [0.29, 0.717) is 5.82 Å². The van der Waals surface area contributed by atoms with Gasteiger partial charge in [0.2, 0.25) is 0 Å². The van der Waals surface area contributed by atoms with E-state index in [1.807, 2.05) is 36.4 Å². The maximum absolute atomic E-state index is 6.11. The number of halogens is 1. The molecule has 1 atom stereocenters. The van der Waals surface area contributed by atoms with Gasteiger partial charge in [-0.25, -0.2) is 4.98 Å². The molecule has 0 radical (unpaired) electrons. The third-order valence-corrected chi connectivity index (χ3v) is 3.84. The van der Waals surface area contributed by atoms with Crippen molar-refractivity contribution in [2.75, 3.05) is 11.5 Å². The van der Waals surface area contributed by atoms with Crippen LogP contribution in [-0.2, 0) is 0 Å². The monoisotopic (exact) mass is 279 g/mol. The van der Waals surface area contributed by atoms with Gasteiger partial charge in [-0.2, -0.15) is 0 Å². The van der Waals surface area contributed by atoms with Crippen molar-refractivity contribution in [2.24, 2.45) is 5.73 Å². The van der Waals surface area contributed by atoms with Crippen molar-refractivity contribution in [3.05, 3.63) is 53.2 Å². The standard InChI is InChI=1S/C13H14ClN3S/c14-9-3-1-4-10(7-9)18-8-12(15)11-5-2-6-17-13(11)16/h1-7,12H,8,15H2,(H2,16,17). The van der Waals surface area contributed by atoms with Crippen LogP contribution < -0.4 is 11.5 Å². The molecule has 0 aliphatic carbocycles. The van der Waals surface area contributed by atoms with Gasteiger partial charge in [0, 0.05) is 33.5 Å². The molecule has 1 aromatic carbocycles. The van der Waals surface area contributed by atoms with Crippen LogP contribution in [-0.4, -0.2) is 10.7 Å². The van der Waals surface area contributed by atoms with E-state index in [2.05, 4.69) is 4.98 Å². The quantitative estimate of drug-likeness (QED) is 0.844. The summed E-state index contributed by atoms with van der Waals surface area (Å²) in [5.74, 6) is 1.23. The Balaban J connectivity index is 2.00. The van der Waals surface area contributed by atoms with Crippen LogP contribution in [0.15, 0.2) is 47.5 Å². The summed E-state index contributed by atoms with van der Waals surface area (Å²) >= 11 is 7.58. The molecule has 0 bridgehead atoms. The zero-order valence-electron chi connectivity index (χ0n) is 9.71.